The van der Waals surface area contributed by atoms with Gasteiger partial charge in [0.2, 0.25) is 0 Å². The molecule has 0 aliphatic heterocycles. The van der Waals surface area contributed by atoms with Crippen molar-refractivity contribution in [2.45, 2.75) is 32.7 Å². The summed E-state index contributed by atoms with van der Waals surface area (Å²) in [6, 6.07) is 3.29. The molecule has 0 bridgehead atoms. The Morgan fingerprint density at radius 3 is 2.44 bits per heavy atom. The molecule has 0 aliphatic carbocycles. The van der Waals surface area contributed by atoms with E-state index in [9.17, 15) is 13.6 Å². The highest BCUT2D eigenvalue weighted by Crippen LogP contribution is 2.12. The number of halogens is 2. The number of hydrogen-bond donors (Lipinski definition) is 1. The zero-order valence-corrected chi connectivity index (χ0v) is 9.39. The summed E-state index contributed by atoms with van der Waals surface area (Å²) in [6.45, 7) is 3.78. The van der Waals surface area contributed by atoms with Crippen molar-refractivity contribution in [3.05, 3.63) is 35.4 Å². The monoisotopic (exact) mass is 227 g/mol. The van der Waals surface area contributed by atoms with E-state index in [2.05, 4.69) is 5.32 Å². The van der Waals surface area contributed by atoms with Crippen molar-refractivity contribution in [2.75, 3.05) is 0 Å². The molecule has 0 saturated heterocycles. The summed E-state index contributed by atoms with van der Waals surface area (Å²) in [6.07, 6.45) is 1.68. The third-order valence-corrected chi connectivity index (χ3v) is 2.29. The van der Waals surface area contributed by atoms with Crippen molar-refractivity contribution >= 4 is 5.91 Å². The summed E-state index contributed by atoms with van der Waals surface area (Å²) in [4.78, 5) is 11.6. The number of carbonyl (C=O) groups excluding carboxylic acids is 1. The second-order valence-corrected chi connectivity index (χ2v) is 3.76. The lowest BCUT2D eigenvalue weighted by Crippen LogP contribution is -2.33. The molecule has 0 saturated carbocycles. The molecule has 1 aromatic carbocycles. The minimum atomic E-state index is -0.832. The van der Waals surface area contributed by atoms with Gasteiger partial charge in [-0.05, 0) is 25.5 Å². The van der Waals surface area contributed by atoms with Crippen LogP contribution < -0.4 is 5.32 Å². The molecule has 1 N–H and O–H groups in total. The van der Waals surface area contributed by atoms with E-state index in [-0.39, 0.29) is 6.04 Å². The molecule has 2 nitrogen and oxygen atoms in total. The average Bonchev–Trinajstić information content (AvgIpc) is 2.17. The van der Waals surface area contributed by atoms with Crippen LogP contribution >= 0.6 is 0 Å². The van der Waals surface area contributed by atoms with Crippen molar-refractivity contribution in [3.8, 4) is 0 Å². The molecule has 0 aromatic heterocycles. The van der Waals surface area contributed by atoms with Gasteiger partial charge < -0.3 is 5.32 Å². The van der Waals surface area contributed by atoms with Gasteiger partial charge in [-0.15, -0.1) is 0 Å². The third kappa shape index (κ3) is 3.02. The van der Waals surface area contributed by atoms with E-state index < -0.39 is 23.1 Å². The average molecular weight is 227 g/mol. The van der Waals surface area contributed by atoms with Crippen LogP contribution in [0.3, 0.4) is 0 Å². The quantitative estimate of drug-likeness (QED) is 0.841. The van der Waals surface area contributed by atoms with Gasteiger partial charge in [0.15, 0.2) is 0 Å². The third-order valence-electron chi connectivity index (χ3n) is 2.29. The topological polar surface area (TPSA) is 29.1 Å². The molecule has 1 atom stereocenters. The van der Waals surface area contributed by atoms with Crippen LogP contribution in [0.25, 0.3) is 0 Å². The molecule has 1 rings (SSSR count). The number of benzene rings is 1. The van der Waals surface area contributed by atoms with Gasteiger partial charge >= 0.3 is 0 Å². The molecule has 4 heteroatoms. The first-order chi connectivity index (χ1) is 7.56. The van der Waals surface area contributed by atoms with E-state index in [4.69, 9.17) is 0 Å². The highest BCUT2D eigenvalue weighted by molar-refractivity contribution is 5.94. The molecule has 88 valence electrons. The Balaban J connectivity index is 2.80. The summed E-state index contributed by atoms with van der Waals surface area (Å²) in [5, 5.41) is 2.56. The maximum Gasteiger partial charge on any atom is 0.257 e. The molecule has 0 heterocycles. The lowest BCUT2D eigenvalue weighted by atomic mass is 10.1. The van der Waals surface area contributed by atoms with Crippen molar-refractivity contribution in [2.24, 2.45) is 0 Å². The van der Waals surface area contributed by atoms with Crippen LogP contribution in [-0.2, 0) is 0 Å². The van der Waals surface area contributed by atoms with Gasteiger partial charge in [0.1, 0.15) is 17.2 Å². The highest BCUT2D eigenvalue weighted by Gasteiger charge is 2.17. The minimum absolute atomic E-state index is 0.0866. The van der Waals surface area contributed by atoms with E-state index in [1.165, 1.54) is 6.07 Å². The first-order valence-corrected chi connectivity index (χ1v) is 5.31. The molecule has 0 radical (unpaired) electrons. The Labute approximate surface area is 93.7 Å². The molecule has 0 aliphatic rings. The molecule has 1 aromatic rings. The van der Waals surface area contributed by atoms with Crippen molar-refractivity contribution in [1.29, 1.82) is 0 Å². The largest absolute Gasteiger partial charge is 0.349 e. The lowest BCUT2D eigenvalue weighted by molar-refractivity contribution is 0.0930. The zero-order chi connectivity index (χ0) is 12.1. The molecular formula is C12H15F2NO. The van der Waals surface area contributed by atoms with Crippen LogP contribution in [-0.4, -0.2) is 11.9 Å². The summed E-state index contributed by atoms with van der Waals surface area (Å²) >= 11 is 0. The van der Waals surface area contributed by atoms with Crippen LogP contribution in [0.2, 0.25) is 0 Å². The van der Waals surface area contributed by atoms with Gasteiger partial charge in [-0.1, -0.05) is 19.4 Å². The molecular weight excluding hydrogens is 212 g/mol. The Hall–Kier alpha value is -1.45. The fourth-order valence-corrected chi connectivity index (χ4v) is 1.52. The second kappa shape index (κ2) is 5.58. The Morgan fingerprint density at radius 2 is 1.94 bits per heavy atom. The Kier molecular flexibility index (Phi) is 4.40. The molecule has 0 unspecified atom stereocenters. The number of nitrogens with one attached hydrogen (secondary N) is 1. The van der Waals surface area contributed by atoms with Crippen LogP contribution in [0.1, 0.15) is 37.0 Å². The first kappa shape index (κ1) is 12.6. The smallest absolute Gasteiger partial charge is 0.257 e. The van der Waals surface area contributed by atoms with Crippen LogP contribution in [0, 0.1) is 11.6 Å². The Bertz CT molecular complexity index is 359. The SMILES string of the molecule is CCC[C@@H](C)NC(=O)c1c(F)cccc1F. The van der Waals surface area contributed by atoms with E-state index >= 15 is 0 Å². The molecule has 1 amide bonds. The van der Waals surface area contributed by atoms with Crippen molar-refractivity contribution < 1.29 is 13.6 Å². The standard InChI is InChI=1S/C12H15F2NO/c1-3-5-8(2)15-12(16)11-9(13)6-4-7-10(11)14/h4,6-8H,3,5H2,1-2H3,(H,15,16)/t8-/m1/s1. The van der Waals surface area contributed by atoms with Gasteiger partial charge in [-0.3, -0.25) is 4.79 Å². The summed E-state index contributed by atoms with van der Waals surface area (Å²) < 4.78 is 26.5. The van der Waals surface area contributed by atoms with Gasteiger partial charge in [-0.2, -0.15) is 0 Å². The predicted octanol–water partition coefficient (Wildman–Crippen LogP) is 2.88. The van der Waals surface area contributed by atoms with Crippen molar-refractivity contribution in [1.82, 2.24) is 5.32 Å². The number of rotatable bonds is 4. The number of amides is 1. The molecule has 0 spiro atoms. The highest BCUT2D eigenvalue weighted by atomic mass is 19.1. The maximum atomic E-state index is 13.2. The van der Waals surface area contributed by atoms with E-state index in [1.807, 2.05) is 6.92 Å². The van der Waals surface area contributed by atoms with Gasteiger partial charge in [-0.25, -0.2) is 8.78 Å². The first-order valence-electron chi connectivity index (χ1n) is 5.31. The van der Waals surface area contributed by atoms with Gasteiger partial charge in [0.25, 0.3) is 5.91 Å². The summed E-state index contributed by atoms with van der Waals surface area (Å²) in [5.41, 5.74) is -0.509. The normalized spacial score (nSPS) is 12.2. The predicted molar refractivity (Wildman–Crippen MR) is 58.2 cm³/mol. The van der Waals surface area contributed by atoms with Crippen LogP contribution in [0.5, 0.6) is 0 Å². The zero-order valence-electron chi connectivity index (χ0n) is 9.39. The van der Waals surface area contributed by atoms with Crippen LogP contribution in [0.15, 0.2) is 18.2 Å². The Morgan fingerprint density at radius 1 is 1.38 bits per heavy atom. The fraction of sp³-hybridized carbons (Fsp3) is 0.417. The molecule has 0 fully saturated rings. The number of hydrogen-bond acceptors (Lipinski definition) is 1. The van der Waals surface area contributed by atoms with Crippen LogP contribution in [0.4, 0.5) is 8.78 Å². The van der Waals surface area contributed by atoms with Gasteiger partial charge in [0, 0.05) is 6.04 Å². The summed E-state index contributed by atoms with van der Waals surface area (Å²) in [7, 11) is 0. The second-order valence-electron chi connectivity index (χ2n) is 3.76. The molecule has 16 heavy (non-hydrogen) atoms. The van der Waals surface area contributed by atoms with E-state index in [0.29, 0.717) is 0 Å². The van der Waals surface area contributed by atoms with E-state index in [0.717, 1.165) is 25.0 Å². The minimum Gasteiger partial charge on any atom is -0.349 e. The van der Waals surface area contributed by atoms with Gasteiger partial charge in [0.05, 0.1) is 0 Å². The lowest BCUT2D eigenvalue weighted by Gasteiger charge is -2.13. The summed E-state index contributed by atoms with van der Waals surface area (Å²) in [5.74, 6) is -2.36. The van der Waals surface area contributed by atoms with E-state index in [1.54, 1.807) is 6.92 Å². The fourth-order valence-electron chi connectivity index (χ4n) is 1.52. The maximum absolute atomic E-state index is 13.2. The van der Waals surface area contributed by atoms with Crippen molar-refractivity contribution in [3.63, 3.8) is 0 Å². The number of carbonyl (C=O) groups is 1.